The second-order valence-corrected chi connectivity index (χ2v) is 4.50. The Morgan fingerprint density at radius 3 is 2.78 bits per heavy atom. The number of benzene rings is 1. The molecule has 0 saturated heterocycles. The van der Waals surface area contributed by atoms with E-state index in [0.717, 1.165) is 25.7 Å². The molecular formula is C13H17FN2O2. The molecule has 1 amide bonds. The predicted octanol–water partition coefficient (Wildman–Crippen LogP) is 2.64. The number of hydrogen-bond donors (Lipinski definition) is 2. The number of rotatable bonds is 2. The van der Waals surface area contributed by atoms with Gasteiger partial charge in [0.1, 0.15) is 11.9 Å². The molecule has 0 aliphatic heterocycles. The number of ether oxygens (including phenoxy) is 1. The zero-order chi connectivity index (χ0) is 13.0. The molecule has 2 rings (SSSR count). The molecule has 1 aliphatic carbocycles. The van der Waals surface area contributed by atoms with E-state index >= 15 is 0 Å². The van der Waals surface area contributed by atoms with Crippen molar-refractivity contribution in [2.75, 3.05) is 5.32 Å². The first-order chi connectivity index (χ1) is 8.66. The number of carbonyl (C=O) groups excluding carboxylic acids is 1. The lowest BCUT2D eigenvalue weighted by Gasteiger charge is -2.28. The Labute approximate surface area is 105 Å². The summed E-state index contributed by atoms with van der Waals surface area (Å²) >= 11 is 0. The van der Waals surface area contributed by atoms with Crippen molar-refractivity contribution >= 4 is 11.8 Å². The van der Waals surface area contributed by atoms with Crippen molar-refractivity contribution in [1.82, 2.24) is 0 Å². The van der Waals surface area contributed by atoms with Crippen LogP contribution in [0.1, 0.15) is 25.7 Å². The van der Waals surface area contributed by atoms with E-state index in [1.165, 1.54) is 12.1 Å². The third-order valence-electron chi connectivity index (χ3n) is 3.12. The van der Waals surface area contributed by atoms with Gasteiger partial charge >= 0.3 is 6.09 Å². The fourth-order valence-electron chi connectivity index (χ4n) is 2.11. The summed E-state index contributed by atoms with van der Waals surface area (Å²) in [7, 11) is 0. The molecule has 0 bridgehead atoms. The fraction of sp³-hybridized carbons (Fsp3) is 0.462. The number of amides is 1. The first kappa shape index (κ1) is 12.8. The summed E-state index contributed by atoms with van der Waals surface area (Å²) in [5.41, 5.74) is 5.99. The van der Waals surface area contributed by atoms with Crippen LogP contribution < -0.4 is 11.1 Å². The lowest BCUT2D eigenvalue weighted by molar-refractivity contribution is 0.0728. The average Bonchev–Trinajstić information content (AvgIpc) is 2.35. The molecule has 3 N–H and O–H groups in total. The molecule has 0 aromatic heterocycles. The van der Waals surface area contributed by atoms with Gasteiger partial charge in [0.05, 0.1) is 5.69 Å². The predicted molar refractivity (Wildman–Crippen MR) is 66.7 cm³/mol. The second-order valence-electron chi connectivity index (χ2n) is 4.50. The molecule has 5 heteroatoms. The van der Waals surface area contributed by atoms with Gasteiger partial charge in [-0.25, -0.2) is 9.18 Å². The number of nitrogens with one attached hydrogen (secondary N) is 1. The number of hydrogen-bond acceptors (Lipinski definition) is 3. The topological polar surface area (TPSA) is 64.3 Å². The number of carbonyl (C=O) groups is 1. The van der Waals surface area contributed by atoms with Crippen LogP contribution in [0.5, 0.6) is 0 Å². The Morgan fingerprint density at radius 1 is 1.33 bits per heavy atom. The van der Waals surface area contributed by atoms with Gasteiger partial charge in [-0.15, -0.1) is 0 Å². The quantitative estimate of drug-likeness (QED) is 0.850. The third-order valence-corrected chi connectivity index (χ3v) is 3.12. The van der Waals surface area contributed by atoms with E-state index in [-0.39, 0.29) is 17.8 Å². The normalized spacial score (nSPS) is 23.4. The van der Waals surface area contributed by atoms with Crippen molar-refractivity contribution in [3.05, 3.63) is 30.1 Å². The lowest BCUT2D eigenvalue weighted by Crippen LogP contribution is -2.41. The van der Waals surface area contributed by atoms with Gasteiger partial charge in [-0.2, -0.15) is 0 Å². The maximum atomic E-state index is 13.3. The maximum absolute atomic E-state index is 13.3. The van der Waals surface area contributed by atoms with Gasteiger partial charge < -0.3 is 10.5 Å². The molecule has 1 aromatic carbocycles. The zero-order valence-corrected chi connectivity index (χ0v) is 10.1. The van der Waals surface area contributed by atoms with Crippen LogP contribution in [0, 0.1) is 5.82 Å². The minimum atomic E-state index is -0.651. The van der Waals surface area contributed by atoms with Crippen molar-refractivity contribution in [2.45, 2.75) is 37.8 Å². The molecule has 1 aliphatic rings. The SMILES string of the molecule is NC1CCCCC1OC(=O)Nc1ccccc1F. The molecule has 2 unspecified atom stereocenters. The van der Waals surface area contributed by atoms with Crippen LogP contribution >= 0.6 is 0 Å². The van der Waals surface area contributed by atoms with E-state index in [9.17, 15) is 9.18 Å². The highest BCUT2D eigenvalue weighted by Crippen LogP contribution is 2.20. The van der Waals surface area contributed by atoms with Crippen LogP contribution in [0.25, 0.3) is 0 Å². The second kappa shape index (κ2) is 5.82. The molecule has 1 fully saturated rings. The van der Waals surface area contributed by atoms with Crippen LogP contribution in [0.3, 0.4) is 0 Å². The monoisotopic (exact) mass is 252 g/mol. The average molecular weight is 252 g/mol. The number of para-hydroxylation sites is 1. The molecule has 0 spiro atoms. The Bertz CT molecular complexity index is 425. The van der Waals surface area contributed by atoms with Crippen LogP contribution in [0.15, 0.2) is 24.3 Å². The molecule has 2 atom stereocenters. The highest BCUT2D eigenvalue weighted by molar-refractivity contribution is 5.84. The lowest BCUT2D eigenvalue weighted by atomic mass is 9.93. The number of nitrogens with two attached hydrogens (primary N) is 1. The molecule has 1 aromatic rings. The first-order valence-corrected chi connectivity index (χ1v) is 6.14. The number of anilines is 1. The molecule has 0 heterocycles. The van der Waals surface area contributed by atoms with Crippen molar-refractivity contribution in [3.63, 3.8) is 0 Å². The summed E-state index contributed by atoms with van der Waals surface area (Å²) in [5, 5.41) is 2.39. The van der Waals surface area contributed by atoms with Crippen LogP contribution in [-0.4, -0.2) is 18.2 Å². The van der Waals surface area contributed by atoms with Gasteiger partial charge in [0.2, 0.25) is 0 Å². The van der Waals surface area contributed by atoms with E-state index in [0.29, 0.717) is 0 Å². The van der Waals surface area contributed by atoms with E-state index in [4.69, 9.17) is 10.5 Å². The molecule has 98 valence electrons. The van der Waals surface area contributed by atoms with Crippen molar-refractivity contribution in [1.29, 1.82) is 0 Å². The van der Waals surface area contributed by atoms with Crippen LogP contribution in [-0.2, 0) is 4.74 Å². The summed E-state index contributed by atoms with van der Waals surface area (Å²) in [6.07, 6.45) is 2.78. The van der Waals surface area contributed by atoms with Gasteiger partial charge in [-0.3, -0.25) is 5.32 Å². The van der Waals surface area contributed by atoms with Gasteiger partial charge in [0, 0.05) is 6.04 Å². The highest BCUT2D eigenvalue weighted by Gasteiger charge is 2.25. The standard InChI is InChI=1S/C13H17FN2O2/c14-9-5-1-3-7-11(9)16-13(17)18-12-8-4-2-6-10(12)15/h1,3,5,7,10,12H,2,4,6,8,15H2,(H,16,17). The van der Waals surface area contributed by atoms with Crippen molar-refractivity contribution < 1.29 is 13.9 Å². The highest BCUT2D eigenvalue weighted by atomic mass is 19.1. The largest absolute Gasteiger partial charge is 0.444 e. The van der Waals surface area contributed by atoms with Crippen LogP contribution in [0.2, 0.25) is 0 Å². The van der Waals surface area contributed by atoms with Crippen LogP contribution in [0.4, 0.5) is 14.9 Å². The Hall–Kier alpha value is -1.62. The minimum Gasteiger partial charge on any atom is -0.444 e. The summed E-state index contributed by atoms with van der Waals surface area (Å²) in [5.74, 6) is -0.484. The third kappa shape index (κ3) is 3.20. The summed E-state index contributed by atoms with van der Waals surface area (Å²) in [4.78, 5) is 11.6. The number of halogens is 1. The summed E-state index contributed by atoms with van der Waals surface area (Å²) in [6, 6.07) is 5.85. The summed E-state index contributed by atoms with van der Waals surface area (Å²) in [6.45, 7) is 0. The molecular weight excluding hydrogens is 235 g/mol. The fourth-order valence-corrected chi connectivity index (χ4v) is 2.11. The van der Waals surface area contributed by atoms with Gasteiger partial charge in [-0.05, 0) is 31.4 Å². The first-order valence-electron chi connectivity index (χ1n) is 6.14. The Kier molecular flexibility index (Phi) is 4.15. The zero-order valence-electron chi connectivity index (χ0n) is 10.1. The Balaban J connectivity index is 1.90. The minimum absolute atomic E-state index is 0.117. The van der Waals surface area contributed by atoms with Crippen molar-refractivity contribution in [2.24, 2.45) is 5.73 Å². The molecule has 1 saturated carbocycles. The van der Waals surface area contributed by atoms with Gasteiger partial charge in [-0.1, -0.05) is 18.6 Å². The van der Waals surface area contributed by atoms with Crippen molar-refractivity contribution in [3.8, 4) is 0 Å². The van der Waals surface area contributed by atoms with E-state index in [1.807, 2.05) is 0 Å². The van der Waals surface area contributed by atoms with E-state index in [2.05, 4.69) is 5.32 Å². The summed E-state index contributed by atoms with van der Waals surface area (Å²) < 4.78 is 18.5. The molecule has 4 nitrogen and oxygen atoms in total. The molecule has 18 heavy (non-hydrogen) atoms. The maximum Gasteiger partial charge on any atom is 0.412 e. The smallest absolute Gasteiger partial charge is 0.412 e. The van der Waals surface area contributed by atoms with Gasteiger partial charge in [0.15, 0.2) is 0 Å². The van der Waals surface area contributed by atoms with E-state index < -0.39 is 11.9 Å². The Morgan fingerprint density at radius 2 is 2.06 bits per heavy atom. The van der Waals surface area contributed by atoms with Gasteiger partial charge in [0.25, 0.3) is 0 Å². The van der Waals surface area contributed by atoms with E-state index in [1.54, 1.807) is 12.1 Å². The molecule has 0 radical (unpaired) electrons.